The highest BCUT2D eigenvalue weighted by atomic mass is 35.5. The summed E-state index contributed by atoms with van der Waals surface area (Å²) >= 11 is 12.3. The van der Waals surface area contributed by atoms with Gasteiger partial charge in [-0.2, -0.15) is 0 Å². The van der Waals surface area contributed by atoms with Crippen LogP contribution in [0.2, 0.25) is 10.0 Å². The fourth-order valence-corrected chi connectivity index (χ4v) is 3.37. The predicted octanol–water partition coefficient (Wildman–Crippen LogP) is 4.37. The third-order valence-corrected chi connectivity index (χ3v) is 4.71. The topological polar surface area (TPSA) is 64.3 Å². The van der Waals surface area contributed by atoms with Crippen LogP contribution in [0.5, 0.6) is 5.75 Å². The second-order valence-electron chi connectivity index (χ2n) is 6.24. The number of aldehydes is 1. The predicted molar refractivity (Wildman–Crippen MR) is 110 cm³/mol. The summed E-state index contributed by atoms with van der Waals surface area (Å²) in [5.41, 5.74) is -0.0231. The molecular weight excluding hydrogens is 399 g/mol. The van der Waals surface area contributed by atoms with E-state index in [9.17, 15) is 9.90 Å². The second kappa shape index (κ2) is 9.06. The maximum Gasteiger partial charge on any atom is 0.143 e. The Labute approximate surface area is 172 Å². The summed E-state index contributed by atoms with van der Waals surface area (Å²) in [4.78, 5) is 14.4. The summed E-state index contributed by atoms with van der Waals surface area (Å²) < 4.78 is 7.60. The van der Waals surface area contributed by atoms with Gasteiger partial charge < -0.3 is 14.4 Å². The van der Waals surface area contributed by atoms with Crippen LogP contribution >= 0.6 is 23.2 Å². The Hall–Kier alpha value is -2.60. The molecule has 7 heteroatoms. The van der Waals surface area contributed by atoms with Gasteiger partial charge in [-0.15, -0.1) is 0 Å². The van der Waals surface area contributed by atoms with Gasteiger partial charge in [-0.05, 0) is 35.9 Å². The first-order chi connectivity index (χ1) is 13.5. The first-order valence-electron chi connectivity index (χ1n) is 8.48. The van der Waals surface area contributed by atoms with E-state index in [4.69, 9.17) is 27.9 Å². The van der Waals surface area contributed by atoms with Crippen molar-refractivity contribution in [3.8, 4) is 5.75 Å². The number of aromatic nitrogens is 2. The Kier molecular flexibility index (Phi) is 6.52. The van der Waals surface area contributed by atoms with Crippen molar-refractivity contribution in [2.24, 2.45) is 0 Å². The zero-order valence-corrected chi connectivity index (χ0v) is 16.3. The van der Waals surface area contributed by atoms with E-state index in [1.165, 1.54) is 6.08 Å². The number of ether oxygens (including phenoxy) is 1. The highest BCUT2D eigenvalue weighted by Crippen LogP contribution is 2.33. The fourth-order valence-electron chi connectivity index (χ4n) is 2.79. The Morgan fingerprint density at radius 3 is 2.61 bits per heavy atom. The lowest BCUT2D eigenvalue weighted by Gasteiger charge is -2.30. The molecule has 1 atom stereocenters. The van der Waals surface area contributed by atoms with Crippen molar-refractivity contribution >= 4 is 35.6 Å². The molecular formula is C21H18Cl2N2O3. The number of hydrogen-bond acceptors (Lipinski definition) is 4. The van der Waals surface area contributed by atoms with Crippen LogP contribution in [0.4, 0.5) is 0 Å². The van der Waals surface area contributed by atoms with Crippen molar-refractivity contribution in [3.63, 3.8) is 0 Å². The lowest BCUT2D eigenvalue weighted by molar-refractivity contribution is -0.104. The van der Waals surface area contributed by atoms with Gasteiger partial charge in [0.2, 0.25) is 0 Å². The molecule has 3 aromatic rings. The lowest BCUT2D eigenvalue weighted by Crippen LogP contribution is -2.38. The zero-order valence-electron chi connectivity index (χ0n) is 14.8. The molecule has 0 aliphatic carbocycles. The lowest BCUT2D eigenvalue weighted by atomic mass is 9.94. The van der Waals surface area contributed by atoms with Gasteiger partial charge in [-0.1, -0.05) is 47.5 Å². The summed E-state index contributed by atoms with van der Waals surface area (Å²) in [5, 5.41) is 12.2. The number of imidazole rings is 1. The van der Waals surface area contributed by atoms with Gasteiger partial charge in [0.1, 0.15) is 24.2 Å². The van der Waals surface area contributed by atoms with Crippen LogP contribution in [0.15, 0.2) is 67.3 Å². The van der Waals surface area contributed by atoms with Crippen molar-refractivity contribution in [2.75, 3.05) is 6.61 Å². The Balaban J connectivity index is 1.83. The van der Waals surface area contributed by atoms with E-state index in [1.807, 2.05) is 12.1 Å². The van der Waals surface area contributed by atoms with Crippen molar-refractivity contribution in [3.05, 3.63) is 88.4 Å². The van der Waals surface area contributed by atoms with E-state index < -0.39 is 5.60 Å². The molecule has 0 radical (unpaired) electrons. The van der Waals surface area contributed by atoms with Gasteiger partial charge in [-0.25, -0.2) is 4.98 Å². The number of nitrogens with zero attached hydrogens (tertiary/aromatic N) is 2. The molecule has 144 valence electrons. The number of hydrogen-bond donors (Lipinski definition) is 1. The average molecular weight is 417 g/mol. The Morgan fingerprint density at radius 2 is 1.96 bits per heavy atom. The molecule has 28 heavy (non-hydrogen) atoms. The fraction of sp³-hybridized carbons (Fsp3) is 0.143. The molecule has 5 nitrogen and oxygen atoms in total. The van der Waals surface area contributed by atoms with Crippen LogP contribution in [0.1, 0.15) is 11.1 Å². The average Bonchev–Trinajstić information content (AvgIpc) is 3.18. The summed E-state index contributed by atoms with van der Waals surface area (Å²) in [5.74, 6) is 0.581. The Morgan fingerprint density at radius 1 is 1.18 bits per heavy atom. The number of carbonyl (C=O) groups excluding carboxylic acids is 1. The summed E-state index contributed by atoms with van der Waals surface area (Å²) in [7, 11) is 0. The van der Waals surface area contributed by atoms with Gasteiger partial charge in [0.15, 0.2) is 0 Å². The third-order valence-electron chi connectivity index (χ3n) is 4.16. The van der Waals surface area contributed by atoms with E-state index in [0.717, 1.165) is 11.8 Å². The standard InChI is InChI=1S/C21H18Cl2N2O3/c22-17-5-8-19(20(23)12-17)21(27,13-25-10-9-24-15-25)14-28-18-6-3-16(4-7-18)2-1-11-26/h1-12,15,27H,13-14H2/b2-1+. The van der Waals surface area contributed by atoms with E-state index >= 15 is 0 Å². The molecule has 0 saturated heterocycles. The van der Waals surface area contributed by atoms with Crippen LogP contribution < -0.4 is 4.74 Å². The highest BCUT2D eigenvalue weighted by Gasteiger charge is 2.33. The largest absolute Gasteiger partial charge is 0.490 e. The van der Waals surface area contributed by atoms with Crippen LogP contribution in [0.25, 0.3) is 6.08 Å². The van der Waals surface area contributed by atoms with Gasteiger partial charge >= 0.3 is 0 Å². The number of aliphatic hydroxyl groups is 1. The number of halogens is 2. The molecule has 2 aromatic carbocycles. The highest BCUT2D eigenvalue weighted by molar-refractivity contribution is 6.35. The number of allylic oxidation sites excluding steroid dienone is 1. The van der Waals surface area contributed by atoms with Crippen LogP contribution in [0, 0.1) is 0 Å². The molecule has 0 amide bonds. The zero-order chi connectivity index (χ0) is 20.0. The van der Waals surface area contributed by atoms with E-state index in [1.54, 1.807) is 59.7 Å². The quantitative estimate of drug-likeness (QED) is 0.437. The second-order valence-corrected chi connectivity index (χ2v) is 7.09. The smallest absolute Gasteiger partial charge is 0.143 e. The molecule has 3 rings (SSSR count). The summed E-state index contributed by atoms with van der Waals surface area (Å²) in [6.07, 6.45) is 8.83. The molecule has 0 bridgehead atoms. The van der Waals surface area contributed by atoms with Crippen molar-refractivity contribution in [1.82, 2.24) is 9.55 Å². The molecule has 1 unspecified atom stereocenters. The molecule has 0 spiro atoms. The maximum atomic E-state index is 11.4. The SMILES string of the molecule is O=C/C=C/c1ccc(OCC(O)(Cn2ccnc2)c2ccc(Cl)cc2Cl)cc1. The number of carbonyl (C=O) groups is 1. The molecule has 0 fully saturated rings. The molecule has 1 N–H and O–H groups in total. The molecule has 0 saturated carbocycles. The van der Waals surface area contributed by atoms with Gasteiger partial charge in [0, 0.05) is 28.0 Å². The van der Waals surface area contributed by atoms with E-state index in [0.29, 0.717) is 21.4 Å². The minimum atomic E-state index is -1.40. The molecule has 1 aromatic heterocycles. The van der Waals surface area contributed by atoms with Crippen molar-refractivity contribution < 1.29 is 14.6 Å². The minimum absolute atomic E-state index is 0.0317. The minimum Gasteiger partial charge on any atom is -0.490 e. The Bertz CT molecular complexity index is 956. The van der Waals surface area contributed by atoms with Crippen LogP contribution in [0.3, 0.4) is 0 Å². The van der Waals surface area contributed by atoms with E-state index in [2.05, 4.69) is 4.98 Å². The van der Waals surface area contributed by atoms with Crippen LogP contribution in [-0.2, 0) is 16.9 Å². The molecule has 0 aliphatic heterocycles. The van der Waals surface area contributed by atoms with Gasteiger partial charge in [0.25, 0.3) is 0 Å². The number of rotatable bonds is 8. The molecule has 0 aliphatic rings. The normalized spacial score (nSPS) is 13.4. The first kappa shape index (κ1) is 20.1. The first-order valence-corrected chi connectivity index (χ1v) is 9.24. The summed E-state index contributed by atoms with van der Waals surface area (Å²) in [6, 6.07) is 12.1. The van der Waals surface area contributed by atoms with E-state index in [-0.39, 0.29) is 13.2 Å². The monoisotopic (exact) mass is 416 g/mol. The van der Waals surface area contributed by atoms with Gasteiger partial charge in [-0.3, -0.25) is 4.79 Å². The third kappa shape index (κ3) is 5.01. The summed E-state index contributed by atoms with van der Waals surface area (Å²) in [6.45, 7) is 0.171. The van der Waals surface area contributed by atoms with Gasteiger partial charge in [0.05, 0.1) is 12.9 Å². The maximum absolute atomic E-state index is 11.4. The van der Waals surface area contributed by atoms with Crippen molar-refractivity contribution in [2.45, 2.75) is 12.1 Å². The van der Waals surface area contributed by atoms with Crippen molar-refractivity contribution in [1.29, 1.82) is 0 Å². The molecule has 1 heterocycles. The number of benzene rings is 2. The van der Waals surface area contributed by atoms with Crippen LogP contribution in [-0.4, -0.2) is 27.6 Å².